The molecule has 0 fully saturated rings. The molecule has 0 aromatic heterocycles. The summed E-state index contributed by atoms with van der Waals surface area (Å²) in [7, 11) is 0. The topological polar surface area (TPSA) is 24.4 Å². The predicted octanol–water partition coefficient (Wildman–Crippen LogP) is 5.69. The summed E-state index contributed by atoms with van der Waals surface area (Å²) in [5.41, 5.74) is 3.19. The number of fused-ring (bicyclic) bond motifs is 1. The quantitative estimate of drug-likeness (QED) is 0.484. The van der Waals surface area contributed by atoms with Crippen molar-refractivity contribution >= 4 is 22.2 Å². The molecule has 1 N–H and O–H groups in total. The molecule has 0 aliphatic carbocycles. The highest BCUT2D eigenvalue weighted by atomic mass is 19.4. The van der Waals surface area contributed by atoms with Crippen LogP contribution >= 0.6 is 0 Å². The second kappa shape index (κ2) is 6.35. The number of nitrogens with zero attached hydrogens (tertiary/aromatic N) is 1. The first-order valence-corrected chi connectivity index (χ1v) is 7.41. The highest BCUT2D eigenvalue weighted by molar-refractivity contribution is 6.02. The summed E-state index contributed by atoms with van der Waals surface area (Å²) in [6.07, 6.45) is -4.42. The fourth-order valence-electron chi connectivity index (χ4n) is 2.45. The molecule has 3 rings (SSSR count). The van der Waals surface area contributed by atoms with Crippen LogP contribution in [0.4, 0.5) is 18.9 Å². The van der Waals surface area contributed by atoms with Crippen LogP contribution in [0.15, 0.2) is 71.8 Å². The molecule has 122 valence electrons. The van der Waals surface area contributed by atoms with Crippen LogP contribution in [0.3, 0.4) is 0 Å². The zero-order valence-corrected chi connectivity index (χ0v) is 12.9. The fourth-order valence-corrected chi connectivity index (χ4v) is 2.45. The Hall–Kier alpha value is -2.82. The summed E-state index contributed by atoms with van der Waals surface area (Å²) in [5.74, 6) is 0. The normalized spacial score (nSPS) is 12.4. The number of nitrogens with one attached hydrogen (secondary N) is 1. The molecule has 0 heterocycles. The highest BCUT2D eigenvalue weighted by Gasteiger charge is 2.33. The van der Waals surface area contributed by atoms with Gasteiger partial charge in [-0.05, 0) is 41.5 Å². The molecule has 0 bridgehead atoms. The van der Waals surface area contributed by atoms with E-state index < -0.39 is 11.7 Å². The molecule has 3 aromatic carbocycles. The van der Waals surface area contributed by atoms with Crippen molar-refractivity contribution in [3.63, 3.8) is 0 Å². The SMILES string of the molecule is CC(=NNc1ccccc1C(F)(F)F)c1ccc2ccccc2c1. The van der Waals surface area contributed by atoms with E-state index >= 15 is 0 Å². The summed E-state index contributed by atoms with van der Waals surface area (Å²) in [5, 5.41) is 6.27. The predicted molar refractivity (Wildman–Crippen MR) is 91.2 cm³/mol. The Morgan fingerprint density at radius 2 is 1.54 bits per heavy atom. The molecule has 0 spiro atoms. The van der Waals surface area contributed by atoms with Gasteiger partial charge in [0.05, 0.1) is 17.0 Å². The van der Waals surface area contributed by atoms with Crippen molar-refractivity contribution in [2.24, 2.45) is 5.10 Å². The third kappa shape index (κ3) is 3.40. The number of rotatable bonds is 3. The Balaban J connectivity index is 1.89. The molecule has 0 amide bonds. The minimum atomic E-state index is -4.42. The smallest absolute Gasteiger partial charge is 0.278 e. The first-order valence-electron chi connectivity index (χ1n) is 7.41. The van der Waals surface area contributed by atoms with Gasteiger partial charge >= 0.3 is 6.18 Å². The van der Waals surface area contributed by atoms with Gasteiger partial charge in [0.15, 0.2) is 0 Å². The highest BCUT2D eigenvalue weighted by Crippen LogP contribution is 2.34. The van der Waals surface area contributed by atoms with Gasteiger partial charge in [0.25, 0.3) is 0 Å². The van der Waals surface area contributed by atoms with Gasteiger partial charge in [0.2, 0.25) is 0 Å². The first kappa shape index (κ1) is 16.1. The van der Waals surface area contributed by atoms with E-state index in [0.29, 0.717) is 5.71 Å². The number of hydrazone groups is 1. The number of anilines is 1. The van der Waals surface area contributed by atoms with Gasteiger partial charge in [-0.25, -0.2) is 0 Å². The van der Waals surface area contributed by atoms with Crippen LogP contribution in [0, 0.1) is 0 Å². The monoisotopic (exact) mass is 328 g/mol. The molecular formula is C19H15F3N2. The van der Waals surface area contributed by atoms with Gasteiger partial charge in [-0.15, -0.1) is 0 Å². The number of hydrogen-bond donors (Lipinski definition) is 1. The van der Waals surface area contributed by atoms with Gasteiger partial charge < -0.3 is 0 Å². The Labute approximate surface area is 137 Å². The molecule has 0 unspecified atom stereocenters. The van der Waals surface area contributed by atoms with Crippen molar-refractivity contribution in [1.29, 1.82) is 0 Å². The third-order valence-corrected chi connectivity index (χ3v) is 3.74. The number of hydrogen-bond acceptors (Lipinski definition) is 2. The van der Waals surface area contributed by atoms with Crippen molar-refractivity contribution in [2.75, 3.05) is 5.43 Å². The molecule has 0 saturated heterocycles. The lowest BCUT2D eigenvalue weighted by atomic mass is 10.0. The molecule has 2 nitrogen and oxygen atoms in total. The number of alkyl halides is 3. The van der Waals surface area contributed by atoms with E-state index in [4.69, 9.17) is 0 Å². The first-order chi connectivity index (χ1) is 11.4. The molecule has 0 aliphatic heterocycles. The molecular weight excluding hydrogens is 313 g/mol. The van der Waals surface area contributed by atoms with Crippen molar-refractivity contribution in [3.05, 3.63) is 77.9 Å². The lowest BCUT2D eigenvalue weighted by molar-refractivity contribution is -0.136. The average molecular weight is 328 g/mol. The Bertz CT molecular complexity index is 898. The zero-order chi connectivity index (χ0) is 17.2. The minimum Gasteiger partial charge on any atom is -0.278 e. The number of benzene rings is 3. The van der Waals surface area contributed by atoms with Crippen LogP contribution in [0.2, 0.25) is 0 Å². The number of para-hydroxylation sites is 1. The largest absolute Gasteiger partial charge is 0.418 e. The molecule has 0 radical (unpaired) electrons. The Morgan fingerprint density at radius 3 is 2.29 bits per heavy atom. The van der Waals surface area contributed by atoms with E-state index in [1.807, 2.05) is 42.5 Å². The lowest BCUT2D eigenvalue weighted by Crippen LogP contribution is -2.09. The maximum atomic E-state index is 13.0. The molecule has 24 heavy (non-hydrogen) atoms. The summed E-state index contributed by atoms with van der Waals surface area (Å²) in [4.78, 5) is 0. The Morgan fingerprint density at radius 1 is 0.875 bits per heavy atom. The second-order valence-electron chi connectivity index (χ2n) is 5.41. The van der Waals surface area contributed by atoms with Crippen molar-refractivity contribution in [3.8, 4) is 0 Å². The summed E-state index contributed by atoms with van der Waals surface area (Å²) in [6, 6.07) is 19.0. The van der Waals surface area contributed by atoms with Crippen molar-refractivity contribution < 1.29 is 13.2 Å². The van der Waals surface area contributed by atoms with Gasteiger partial charge in [-0.2, -0.15) is 18.3 Å². The molecule has 0 aliphatic rings. The van der Waals surface area contributed by atoms with E-state index in [1.165, 1.54) is 12.1 Å². The van der Waals surface area contributed by atoms with Crippen LogP contribution in [0.5, 0.6) is 0 Å². The van der Waals surface area contributed by atoms with Crippen LogP contribution < -0.4 is 5.43 Å². The van der Waals surface area contributed by atoms with Gasteiger partial charge in [-0.1, -0.05) is 48.5 Å². The number of halogens is 3. The van der Waals surface area contributed by atoms with Gasteiger partial charge in [0, 0.05) is 0 Å². The summed E-state index contributed by atoms with van der Waals surface area (Å²) >= 11 is 0. The molecule has 0 saturated carbocycles. The van der Waals surface area contributed by atoms with Crippen LogP contribution in [-0.4, -0.2) is 5.71 Å². The Kier molecular flexibility index (Phi) is 4.25. The second-order valence-corrected chi connectivity index (χ2v) is 5.41. The van der Waals surface area contributed by atoms with Crippen LogP contribution in [0.1, 0.15) is 18.1 Å². The zero-order valence-electron chi connectivity index (χ0n) is 12.9. The lowest BCUT2D eigenvalue weighted by Gasteiger charge is -2.12. The molecule has 5 heteroatoms. The van der Waals surface area contributed by atoms with E-state index in [-0.39, 0.29) is 5.69 Å². The maximum absolute atomic E-state index is 13.0. The molecule has 0 atom stereocenters. The van der Waals surface area contributed by atoms with Crippen molar-refractivity contribution in [2.45, 2.75) is 13.1 Å². The minimum absolute atomic E-state index is 0.0647. The summed E-state index contributed by atoms with van der Waals surface area (Å²) in [6.45, 7) is 1.76. The standard InChI is InChI=1S/C19H15F3N2/c1-13(15-11-10-14-6-2-3-7-16(14)12-15)23-24-18-9-5-4-8-17(18)19(20,21)22/h2-12,24H,1H3. The van der Waals surface area contributed by atoms with Crippen molar-refractivity contribution in [1.82, 2.24) is 0 Å². The van der Waals surface area contributed by atoms with Crippen LogP contribution in [0.25, 0.3) is 10.8 Å². The van der Waals surface area contributed by atoms with E-state index in [2.05, 4.69) is 10.5 Å². The van der Waals surface area contributed by atoms with E-state index in [9.17, 15) is 13.2 Å². The van der Waals surface area contributed by atoms with E-state index in [0.717, 1.165) is 22.4 Å². The average Bonchev–Trinajstić information content (AvgIpc) is 2.58. The van der Waals surface area contributed by atoms with Gasteiger partial charge in [-0.3, -0.25) is 5.43 Å². The molecule has 3 aromatic rings. The van der Waals surface area contributed by atoms with E-state index in [1.54, 1.807) is 13.0 Å². The fraction of sp³-hybridized carbons (Fsp3) is 0.105. The van der Waals surface area contributed by atoms with Crippen LogP contribution in [-0.2, 0) is 6.18 Å². The summed E-state index contributed by atoms with van der Waals surface area (Å²) < 4.78 is 38.9. The third-order valence-electron chi connectivity index (χ3n) is 3.74. The van der Waals surface area contributed by atoms with Gasteiger partial charge in [0.1, 0.15) is 0 Å². The maximum Gasteiger partial charge on any atom is 0.418 e.